The minimum Gasteiger partial charge on any atom is -0.462 e. The van der Waals surface area contributed by atoms with E-state index in [1.807, 2.05) is 63.4 Å². The molecule has 0 saturated carbocycles. The molecule has 148 valence electrons. The summed E-state index contributed by atoms with van der Waals surface area (Å²) in [4.78, 5) is 12.8. The lowest BCUT2D eigenvalue weighted by Crippen LogP contribution is -2.34. The Morgan fingerprint density at radius 1 is 1.04 bits per heavy atom. The third kappa shape index (κ3) is 3.94. The third-order valence-corrected chi connectivity index (χ3v) is 4.76. The summed E-state index contributed by atoms with van der Waals surface area (Å²) in [6, 6.07) is 13.2. The Kier molecular flexibility index (Phi) is 5.84. The zero-order chi connectivity index (χ0) is 20.4. The van der Waals surface area contributed by atoms with Crippen molar-refractivity contribution in [2.24, 2.45) is 0 Å². The molecule has 0 aliphatic carbocycles. The maximum atomic E-state index is 12.8. The third-order valence-electron chi connectivity index (χ3n) is 4.76. The smallest absolute Gasteiger partial charge is 0.258 e. The largest absolute Gasteiger partial charge is 0.462 e. The molecule has 28 heavy (non-hydrogen) atoms. The molecular weight excluding hydrogens is 358 g/mol. The molecule has 0 radical (unpaired) electrons. The summed E-state index contributed by atoms with van der Waals surface area (Å²) in [6.45, 7) is 5.18. The van der Waals surface area contributed by atoms with Crippen molar-refractivity contribution in [2.75, 3.05) is 6.61 Å². The van der Waals surface area contributed by atoms with Crippen LogP contribution in [0.3, 0.4) is 0 Å². The van der Waals surface area contributed by atoms with Gasteiger partial charge in [0.25, 0.3) is 5.56 Å². The van der Waals surface area contributed by atoms with Crippen LogP contribution in [0.2, 0.25) is 0 Å². The minimum atomic E-state index is -1.51. The number of hydrogen-bond donors (Lipinski definition) is 3. The highest BCUT2D eigenvalue weighted by Crippen LogP contribution is 2.28. The van der Waals surface area contributed by atoms with Gasteiger partial charge in [-0.1, -0.05) is 18.2 Å². The van der Waals surface area contributed by atoms with Gasteiger partial charge in [0, 0.05) is 17.6 Å². The van der Waals surface area contributed by atoms with Crippen LogP contribution in [0.1, 0.15) is 25.5 Å². The van der Waals surface area contributed by atoms with Crippen LogP contribution < -0.4 is 10.3 Å². The molecule has 1 unspecified atom stereocenters. The topological polar surface area (TPSA) is 91.9 Å². The van der Waals surface area contributed by atoms with Crippen LogP contribution in [-0.4, -0.2) is 38.9 Å². The van der Waals surface area contributed by atoms with Crippen LogP contribution >= 0.6 is 0 Å². The van der Waals surface area contributed by atoms with Crippen LogP contribution in [0.4, 0.5) is 0 Å². The van der Waals surface area contributed by atoms with Gasteiger partial charge >= 0.3 is 0 Å². The minimum absolute atomic E-state index is 0.0212. The van der Waals surface area contributed by atoms with Crippen molar-refractivity contribution in [3.8, 4) is 16.9 Å². The Morgan fingerprint density at radius 2 is 1.71 bits per heavy atom. The molecule has 1 aromatic heterocycles. The second kappa shape index (κ2) is 8.14. The molecule has 3 N–H and O–H groups in total. The average Bonchev–Trinajstić information content (AvgIpc) is 2.68. The van der Waals surface area contributed by atoms with Crippen molar-refractivity contribution in [1.82, 2.24) is 4.57 Å². The molecule has 0 spiro atoms. The van der Waals surface area contributed by atoms with Gasteiger partial charge in [-0.25, -0.2) is 0 Å². The van der Waals surface area contributed by atoms with E-state index in [0.717, 1.165) is 22.1 Å². The number of fused-ring (bicyclic) bond motifs is 1. The molecule has 0 fully saturated rings. The Labute approximate surface area is 163 Å². The van der Waals surface area contributed by atoms with E-state index in [4.69, 9.17) is 9.84 Å². The van der Waals surface area contributed by atoms with Gasteiger partial charge in [0.2, 0.25) is 6.29 Å². The summed E-state index contributed by atoms with van der Waals surface area (Å²) in [5.74, 6) is 0.409. The number of pyridine rings is 1. The van der Waals surface area contributed by atoms with Crippen LogP contribution in [0.25, 0.3) is 21.9 Å². The molecular formula is C22H25NO5. The first-order valence-electron chi connectivity index (χ1n) is 9.21. The van der Waals surface area contributed by atoms with Crippen LogP contribution in [0.15, 0.2) is 53.5 Å². The maximum absolute atomic E-state index is 12.8. The van der Waals surface area contributed by atoms with E-state index in [0.29, 0.717) is 11.1 Å². The van der Waals surface area contributed by atoms with Crippen molar-refractivity contribution >= 4 is 10.8 Å². The van der Waals surface area contributed by atoms with Crippen molar-refractivity contribution in [3.63, 3.8) is 0 Å². The van der Waals surface area contributed by atoms with Gasteiger partial charge < -0.3 is 24.6 Å². The van der Waals surface area contributed by atoms with Gasteiger partial charge in [0.1, 0.15) is 11.9 Å². The SMILES string of the molecule is Cc1cc(-c2ccc3ccn(C(C)C)c(=O)c3c2)ccc1OC(O)[C@H](O)CO. The zero-order valence-corrected chi connectivity index (χ0v) is 16.2. The highest BCUT2D eigenvalue weighted by atomic mass is 16.6. The summed E-state index contributed by atoms with van der Waals surface area (Å²) in [5.41, 5.74) is 2.54. The fraction of sp³-hybridized carbons (Fsp3) is 0.318. The summed E-state index contributed by atoms with van der Waals surface area (Å²) in [5, 5.41) is 29.6. The van der Waals surface area contributed by atoms with Gasteiger partial charge in [0.15, 0.2) is 0 Å². The lowest BCUT2D eigenvalue weighted by atomic mass is 10.00. The molecule has 6 nitrogen and oxygen atoms in total. The summed E-state index contributed by atoms with van der Waals surface area (Å²) < 4.78 is 7.02. The van der Waals surface area contributed by atoms with Crippen molar-refractivity contribution in [2.45, 2.75) is 39.2 Å². The predicted octanol–water partition coefficient (Wildman–Crippen LogP) is 2.61. The number of benzene rings is 2. The van der Waals surface area contributed by atoms with Crippen LogP contribution in [0, 0.1) is 6.92 Å². The highest BCUT2D eigenvalue weighted by Gasteiger charge is 2.18. The average molecular weight is 383 g/mol. The summed E-state index contributed by atoms with van der Waals surface area (Å²) in [6.07, 6.45) is -1.07. The number of aromatic nitrogens is 1. The van der Waals surface area contributed by atoms with E-state index in [2.05, 4.69) is 0 Å². The second-order valence-electron chi connectivity index (χ2n) is 7.16. The number of hydrogen-bond acceptors (Lipinski definition) is 5. The van der Waals surface area contributed by atoms with E-state index in [1.165, 1.54) is 0 Å². The second-order valence-corrected chi connectivity index (χ2v) is 7.16. The van der Waals surface area contributed by atoms with Crippen molar-refractivity contribution in [3.05, 3.63) is 64.6 Å². The van der Waals surface area contributed by atoms with E-state index in [9.17, 15) is 15.0 Å². The molecule has 1 heterocycles. The lowest BCUT2D eigenvalue weighted by molar-refractivity contribution is -0.118. The Balaban J connectivity index is 1.97. The van der Waals surface area contributed by atoms with E-state index in [1.54, 1.807) is 10.6 Å². The molecule has 2 aromatic carbocycles. The molecule has 3 aromatic rings. The predicted molar refractivity (Wildman–Crippen MR) is 108 cm³/mol. The van der Waals surface area contributed by atoms with Gasteiger partial charge in [0.05, 0.1) is 6.61 Å². The van der Waals surface area contributed by atoms with Gasteiger partial charge in [-0.15, -0.1) is 0 Å². The summed E-state index contributed by atoms with van der Waals surface area (Å²) >= 11 is 0. The number of nitrogens with zero attached hydrogens (tertiary/aromatic N) is 1. The normalized spacial score (nSPS) is 13.7. The Morgan fingerprint density at radius 3 is 2.36 bits per heavy atom. The lowest BCUT2D eigenvalue weighted by Gasteiger charge is -2.19. The summed E-state index contributed by atoms with van der Waals surface area (Å²) in [7, 11) is 0. The van der Waals surface area contributed by atoms with Gasteiger partial charge in [-0.3, -0.25) is 4.79 Å². The van der Waals surface area contributed by atoms with E-state index in [-0.39, 0.29) is 11.6 Å². The number of rotatable bonds is 6. The molecule has 0 aliphatic rings. The fourth-order valence-electron chi connectivity index (χ4n) is 3.10. The maximum Gasteiger partial charge on any atom is 0.258 e. The van der Waals surface area contributed by atoms with E-state index >= 15 is 0 Å². The van der Waals surface area contributed by atoms with Gasteiger partial charge in [-0.2, -0.15) is 0 Å². The van der Waals surface area contributed by atoms with Crippen molar-refractivity contribution in [1.29, 1.82) is 0 Å². The van der Waals surface area contributed by atoms with Crippen LogP contribution in [0.5, 0.6) is 5.75 Å². The number of aliphatic hydroxyl groups excluding tert-OH is 3. The highest BCUT2D eigenvalue weighted by molar-refractivity contribution is 5.86. The Bertz CT molecular complexity index is 1040. The Hall–Kier alpha value is -2.67. The molecule has 0 aliphatic heterocycles. The monoisotopic (exact) mass is 383 g/mol. The molecule has 0 bridgehead atoms. The molecule has 6 heteroatoms. The number of ether oxygens (including phenoxy) is 1. The van der Waals surface area contributed by atoms with Crippen molar-refractivity contribution < 1.29 is 20.1 Å². The first-order chi connectivity index (χ1) is 13.3. The number of aryl methyl sites for hydroxylation is 1. The molecule has 3 rings (SSSR count). The quantitative estimate of drug-likeness (QED) is 0.569. The molecule has 0 saturated heterocycles. The van der Waals surface area contributed by atoms with E-state index < -0.39 is 19.0 Å². The van der Waals surface area contributed by atoms with Crippen LogP contribution in [-0.2, 0) is 0 Å². The standard InChI is InChI=1S/C22H25NO5/c1-13(2)23-9-8-15-4-5-17(11-18(15)21(23)26)16-6-7-20(14(3)10-16)28-22(27)19(25)12-24/h4-11,13,19,22,24-25,27H,12H2,1-3H3/t19-,22?/m1/s1. The van der Waals surface area contributed by atoms with Gasteiger partial charge in [-0.05, 0) is 67.1 Å². The molecule has 0 amide bonds. The first-order valence-corrected chi connectivity index (χ1v) is 9.21. The molecule has 2 atom stereocenters. The first kappa shape index (κ1) is 20.1. The fourth-order valence-corrected chi connectivity index (χ4v) is 3.10. The number of aliphatic hydroxyl groups is 3. The zero-order valence-electron chi connectivity index (χ0n) is 16.2.